The Morgan fingerprint density at radius 1 is 1.28 bits per heavy atom. The number of nitrogens with two attached hydrogens (primary N) is 1. The molecule has 0 radical (unpaired) electrons. The minimum atomic E-state index is -0.147. The largest absolute Gasteiger partial charge is 0.495 e. The molecule has 0 aliphatic heterocycles. The van der Waals surface area contributed by atoms with Gasteiger partial charge in [0.1, 0.15) is 5.75 Å². The second-order valence-corrected chi connectivity index (χ2v) is 5.37. The van der Waals surface area contributed by atoms with Gasteiger partial charge in [-0.05, 0) is 24.5 Å². The quantitative estimate of drug-likeness (QED) is 0.882. The first-order valence-corrected chi connectivity index (χ1v) is 6.57. The van der Waals surface area contributed by atoms with Gasteiger partial charge >= 0.3 is 0 Å². The van der Waals surface area contributed by atoms with E-state index in [0.717, 1.165) is 24.1 Å². The molecule has 3 rings (SSSR count). The van der Waals surface area contributed by atoms with Crippen LogP contribution >= 0.6 is 0 Å². The topological polar surface area (TPSA) is 40.2 Å². The van der Waals surface area contributed by atoms with Gasteiger partial charge in [-0.15, -0.1) is 0 Å². The third-order valence-corrected chi connectivity index (χ3v) is 4.22. The molecule has 1 aliphatic carbocycles. The Bertz CT molecular complexity index is 579. The van der Waals surface area contributed by atoms with Crippen molar-refractivity contribution in [2.75, 3.05) is 7.11 Å². The SMILES string of the molecule is COc1cccc2c(C3(N)CCCC3)cn(C)c12. The third kappa shape index (κ3) is 1.54. The first-order valence-electron chi connectivity index (χ1n) is 6.57. The smallest absolute Gasteiger partial charge is 0.143 e. The minimum absolute atomic E-state index is 0.147. The van der Waals surface area contributed by atoms with Crippen LogP contribution in [0.2, 0.25) is 0 Å². The Hall–Kier alpha value is -1.48. The number of aromatic nitrogens is 1. The minimum Gasteiger partial charge on any atom is -0.495 e. The Balaban J connectivity index is 2.25. The highest BCUT2D eigenvalue weighted by atomic mass is 16.5. The van der Waals surface area contributed by atoms with Crippen LogP contribution in [0.15, 0.2) is 24.4 Å². The molecule has 0 unspecified atom stereocenters. The maximum Gasteiger partial charge on any atom is 0.143 e. The van der Waals surface area contributed by atoms with Crippen LogP contribution in [0, 0.1) is 0 Å². The zero-order chi connectivity index (χ0) is 12.8. The van der Waals surface area contributed by atoms with Crippen LogP contribution in [0.5, 0.6) is 5.75 Å². The van der Waals surface area contributed by atoms with E-state index in [1.165, 1.54) is 23.8 Å². The van der Waals surface area contributed by atoms with Gasteiger partial charge in [0.15, 0.2) is 0 Å². The molecule has 96 valence electrons. The molecule has 3 nitrogen and oxygen atoms in total. The fourth-order valence-corrected chi connectivity index (χ4v) is 3.27. The normalized spacial score (nSPS) is 18.4. The standard InChI is InChI=1S/C15H20N2O/c1-17-10-12(15(16)8-3-4-9-15)11-6-5-7-13(18-2)14(11)17/h5-7,10H,3-4,8-9,16H2,1-2H3. The maximum atomic E-state index is 6.60. The van der Waals surface area contributed by atoms with Crippen molar-refractivity contribution in [2.24, 2.45) is 12.8 Å². The van der Waals surface area contributed by atoms with Gasteiger partial charge in [0, 0.05) is 24.2 Å². The van der Waals surface area contributed by atoms with Gasteiger partial charge in [-0.1, -0.05) is 25.0 Å². The van der Waals surface area contributed by atoms with Crippen LogP contribution in [-0.4, -0.2) is 11.7 Å². The fraction of sp³-hybridized carbons (Fsp3) is 0.467. The summed E-state index contributed by atoms with van der Waals surface area (Å²) in [5.74, 6) is 0.919. The number of benzene rings is 1. The van der Waals surface area contributed by atoms with Crippen molar-refractivity contribution in [3.8, 4) is 5.75 Å². The number of ether oxygens (including phenoxy) is 1. The summed E-state index contributed by atoms with van der Waals surface area (Å²) in [7, 11) is 3.78. The summed E-state index contributed by atoms with van der Waals surface area (Å²) >= 11 is 0. The molecule has 1 aliphatic rings. The van der Waals surface area contributed by atoms with Gasteiger partial charge in [0.2, 0.25) is 0 Å². The number of methoxy groups -OCH3 is 1. The van der Waals surface area contributed by atoms with Crippen LogP contribution in [0.1, 0.15) is 31.2 Å². The second kappa shape index (κ2) is 4.02. The van der Waals surface area contributed by atoms with Crippen LogP contribution in [0.25, 0.3) is 10.9 Å². The predicted molar refractivity (Wildman–Crippen MR) is 73.8 cm³/mol. The molecule has 0 spiro atoms. The molecular formula is C15H20N2O. The molecule has 0 saturated heterocycles. The lowest BCUT2D eigenvalue weighted by atomic mass is 9.89. The van der Waals surface area contributed by atoms with E-state index in [2.05, 4.69) is 23.9 Å². The van der Waals surface area contributed by atoms with Gasteiger partial charge < -0.3 is 15.0 Å². The van der Waals surface area contributed by atoms with Gasteiger partial charge in [-0.25, -0.2) is 0 Å². The number of rotatable bonds is 2. The first kappa shape index (κ1) is 11.6. The highest BCUT2D eigenvalue weighted by Crippen LogP contribution is 2.41. The highest BCUT2D eigenvalue weighted by Gasteiger charge is 2.34. The van der Waals surface area contributed by atoms with Crippen molar-refractivity contribution in [1.29, 1.82) is 0 Å². The van der Waals surface area contributed by atoms with E-state index in [4.69, 9.17) is 10.5 Å². The average Bonchev–Trinajstić information content (AvgIpc) is 2.95. The molecule has 0 atom stereocenters. The Labute approximate surface area is 108 Å². The molecule has 2 aromatic rings. The molecule has 1 saturated carbocycles. The van der Waals surface area contributed by atoms with E-state index in [1.54, 1.807) is 7.11 Å². The van der Waals surface area contributed by atoms with Crippen molar-refractivity contribution >= 4 is 10.9 Å². The third-order valence-electron chi connectivity index (χ3n) is 4.22. The van der Waals surface area contributed by atoms with Gasteiger partial charge in [0.05, 0.1) is 12.6 Å². The average molecular weight is 244 g/mol. The number of hydrogen-bond donors (Lipinski definition) is 1. The Morgan fingerprint density at radius 2 is 2.00 bits per heavy atom. The lowest BCUT2D eigenvalue weighted by Crippen LogP contribution is -2.32. The highest BCUT2D eigenvalue weighted by molar-refractivity contribution is 5.90. The van der Waals surface area contributed by atoms with E-state index in [0.29, 0.717) is 0 Å². The van der Waals surface area contributed by atoms with Crippen molar-refractivity contribution in [2.45, 2.75) is 31.2 Å². The van der Waals surface area contributed by atoms with E-state index in [9.17, 15) is 0 Å². The lowest BCUT2D eigenvalue weighted by molar-refractivity contribution is 0.418. The predicted octanol–water partition coefficient (Wildman–Crippen LogP) is 2.91. The molecule has 3 heteroatoms. The molecule has 2 N–H and O–H groups in total. The maximum absolute atomic E-state index is 6.60. The van der Waals surface area contributed by atoms with Crippen LogP contribution in [0.3, 0.4) is 0 Å². The first-order chi connectivity index (χ1) is 8.65. The number of hydrogen-bond acceptors (Lipinski definition) is 2. The van der Waals surface area contributed by atoms with E-state index >= 15 is 0 Å². The Kier molecular flexibility index (Phi) is 2.59. The summed E-state index contributed by atoms with van der Waals surface area (Å²) in [6.45, 7) is 0. The van der Waals surface area contributed by atoms with Gasteiger partial charge in [-0.2, -0.15) is 0 Å². The molecule has 1 aromatic carbocycles. The van der Waals surface area contributed by atoms with Gasteiger partial charge in [-0.3, -0.25) is 0 Å². The van der Waals surface area contributed by atoms with Crippen LogP contribution in [-0.2, 0) is 12.6 Å². The monoisotopic (exact) mass is 244 g/mol. The molecule has 0 amide bonds. The van der Waals surface area contributed by atoms with Crippen LogP contribution < -0.4 is 10.5 Å². The summed E-state index contributed by atoms with van der Waals surface area (Å²) in [4.78, 5) is 0. The van der Waals surface area contributed by atoms with Crippen LogP contribution in [0.4, 0.5) is 0 Å². The molecule has 1 fully saturated rings. The summed E-state index contributed by atoms with van der Waals surface area (Å²) < 4.78 is 7.59. The zero-order valence-corrected chi connectivity index (χ0v) is 11.1. The van der Waals surface area contributed by atoms with Crippen molar-refractivity contribution in [3.63, 3.8) is 0 Å². The summed E-state index contributed by atoms with van der Waals surface area (Å²) in [5.41, 5.74) is 8.87. The van der Waals surface area contributed by atoms with E-state index < -0.39 is 0 Å². The van der Waals surface area contributed by atoms with E-state index in [-0.39, 0.29) is 5.54 Å². The molecule has 1 aromatic heterocycles. The molecular weight excluding hydrogens is 224 g/mol. The number of para-hydroxylation sites is 1. The molecule has 0 bridgehead atoms. The lowest BCUT2D eigenvalue weighted by Gasteiger charge is -2.23. The number of fused-ring (bicyclic) bond motifs is 1. The Morgan fingerprint density at radius 3 is 2.67 bits per heavy atom. The van der Waals surface area contributed by atoms with Crippen molar-refractivity contribution in [3.05, 3.63) is 30.0 Å². The number of nitrogens with zero attached hydrogens (tertiary/aromatic N) is 1. The molecule has 1 heterocycles. The van der Waals surface area contributed by atoms with Gasteiger partial charge in [0.25, 0.3) is 0 Å². The zero-order valence-electron chi connectivity index (χ0n) is 11.1. The molecule has 18 heavy (non-hydrogen) atoms. The summed E-state index contributed by atoms with van der Waals surface area (Å²) in [6, 6.07) is 6.20. The number of aryl methyl sites for hydroxylation is 1. The van der Waals surface area contributed by atoms with Crippen molar-refractivity contribution < 1.29 is 4.74 Å². The van der Waals surface area contributed by atoms with E-state index in [1.807, 2.05) is 12.1 Å². The fourth-order valence-electron chi connectivity index (χ4n) is 3.27. The van der Waals surface area contributed by atoms with Crippen molar-refractivity contribution in [1.82, 2.24) is 4.57 Å². The summed E-state index contributed by atoms with van der Waals surface area (Å²) in [6.07, 6.45) is 6.82. The second-order valence-electron chi connectivity index (χ2n) is 5.37. The summed E-state index contributed by atoms with van der Waals surface area (Å²) in [5, 5.41) is 1.24.